The van der Waals surface area contributed by atoms with Gasteiger partial charge in [-0.15, -0.1) is 0 Å². The van der Waals surface area contributed by atoms with Crippen molar-refractivity contribution in [3.63, 3.8) is 0 Å². The molecule has 132 valence electrons. The fourth-order valence-corrected chi connectivity index (χ4v) is 3.26. The van der Waals surface area contributed by atoms with Gasteiger partial charge >= 0.3 is 0 Å². The van der Waals surface area contributed by atoms with Crippen LogP contribution in [0, 0.1) is 0 Å². The monoisotopic (exact) mass is 360 g/mol. The first-order valence-electron chi connectivity index (χ1n) is 8.57. The number of hydrogen-bond donors (Lipinski definition) is 0. The lowest BCUT2D eigenvalue weighted by Gasteiger charge is -2.36. The summed E-state index contributed by atoms with van der Waals surface area (Å²) in [6, 6.07) is 5.84. The highest BCUT2D eigenvalue weighted by Gasteiger charge is 2.21. The molecule has 2 saturated heterocycles. The second-order valence-electron chi connectivity index (χ2n) is 6.12. The molecule has 0 unspecified atom stereocenters. The molecule has 2 aliphatic rings. The van der Waals surface area contributed by atoms with Gasteiger partial charge in [-0.25, -0.2) is 9.97 Å². The molecule has 0 radical (unpaired) electrons. The third kappa shape index (κ3) is 3.77. The fourth-order valence-electron chi connectivity index (χ4n) is 3.15. The summed E-state index contributed by atoms with van der Waals surface area (Å²) < 4.78 is 5.40. The van der Waals surface area contributed by atoms with Crippen LogP contribution in [0.15, 0.2) is 30.6 Å². The Hall–Kier alpha value is -2.12. The van der Waals surface area contributed by atoms with E-state index in [4.69, 9.17) is 21.3 Å². The van der Waals surface area contributed by atoms with Crippen molar-refractivity contribution >= 4 is 29.2 Å². The van der Waals surface area contributed by atoms with Gasteiger partial charge in [0.25, 0.3) is 0 Å². The Kier molecular flexibility index (Phi) is 4.85. The van der Waals surface area contributed by atoms with Crippen molar-refractivity contribution in [1.29, 1.82) is 0 Å². The average molecular weight is 361 g/mol. The summed E-state index contributed by atoms with van der Waals surface area (Å²) in [7, 11) is 0. The molecule has 4 rings (SSSR count). The summed E-state index contributed by atoms with van der Waals surface area (Å²) >= 11 is 5.92. The molecule has 0 aromatic carbocycles. The van der Waals surface area contributed by atoms with Crippen molar-refractivity contribution in [3.8, 4) is 0 Å². The molecule has 2 aromatic heterocycles. The minimum atomic E-state index is 0.666. The first-order valence-corrected chi connectivity index (χ1v) is 8.94. The Balaban J connectivity index is 1.41. The number of aromatic nitrogens is 3. The highest BCUT2D eigenvalue weighted by molar-refractivity contribution is 6.30. The zero-order valence-corrected chi connectivity index (χ0v) is 14.8. The van der Waals surface area contributed by atoms with Crippen molar-refractivity contribution < 1.29 is 4.74 Å². The van der Waals surface area contributed by atoms with Gasteiger partial charge in [-0.2, -0.15) is 4.98 Å². The molecule has 0 saturated carbocycles. The number of morpholine rings is 1. The topological polar surface area (TPSA) is 57.6 Å². The number of rotatable bonds is 3. The number of halogens is 1. The van der Waals surface area contributed by atoms with Crippen LogP contribution in [0.3, 0.4) is 0 Å². The molecular weight excluding hydrogens is 340 g/mol. The zero-order chi connectivity index (χ0) is 17.1. The van der Waals surface area contributed by atoms with Crippen LogP contribution in [-0.2, 0) is 4.74 Å². The lowest BCUT2D eigenvalue weighted by Crippen LogP contribution is -2.47. The summed E-state index contributed by atoms with van der Waals surface area (Å²) in [5.74, 6) is 2.75. The SMILES string of the molecule is Clc1ccc(N2CCN(c3ccnc(N4CCOCC4)n3)CC2)nc1. The van der Waals surface area contributed by atoms with Crippen molar-refractivity contribution in [1.82, 2.24) is 15.0 Å². The molecule has 2 fully saturated rings. The number of piperazine rings is 1. The van der Waals surface area contributed by atoms with Gasteiger partial charge in [0.2, 0.25) is 5.95 Å². The van der Waals surface area contributed by atoms with Gasteiger partial charge in [0.15, 0.2) is 0 Å². The molecule has 0 spiro atoms. The first kappa shape index (κ1) is 16.4. The normalized spacial score (nSPS) is 18.5. The van der Waals surface area contributed by atoms with Crippen molar-refractivity contribution in [2.75, 3.05) is 67.2 Å². The van der Waals surface area contributed by atoms with Crippen molar-refractivity contribution in [2.45, 2.75) is 0 Å². The van der Waals surface area contributed by atoms with E-state index < -0.39 is 0 Å². The van der Waals surface area contributed by atoms with Crippen LogP contribution >= 0.6 is 11.6 Å². The zero-order valence-electron chi connectivity index (χ0n) is 14.0. The standard InChI is InChI=1S/C17H21ClN6O/c18-14-1-2-15(20-13-14)22-5-7-23(8-6-22)16-3-4-19-17(21-16)24-9-11-25-12-10-24/h1-4,13H,5-12H2. The van der Waals surface area contributed by atoms with Gasteiger partial charge in [-0.1, -0.05) is 11.6 Å². The Morgan fingerprint density at radius 3 is 2.20 bits per heavy atom. The Morgan fingerprint density at radius 2 is 1.52 bits per heavy atom. The van der Waals surface area contributed by atoms with Gasteiger partial charge in [0.05, 0.1) is 18.2 Å². The molecule has 0 aliphatic carbocycles. The fraction of sp³-hybridized carbons (Fsp3) is 0.471. The first-order chi connectivity index (χ1) is 12.3. The van der Waals surface area contributed by atoms with Crippen LogP contribution in [-0.4, -0.2) is 67.4 Å². The molecular formula is C17H21ClN6O. The van der Waals surface area contributed by atoms with Crippen LogP contribution < -0.4 is 14.7 Å². The Labute approximate surface area is 152 Å². The minimum Gasteiger partial charge on any atom is -0.378 e. The van der Waals surface area contributed by atoms with Crippen molar-refractivity contribution in [3.05, 3.63) is 35.6 Å². The Bertz CT molecular complexity index is 699. The van der Waals surface area contributed by atoms with Crippen LogP contribution in [0.2, 0.25) is 5.02 Å². The molecule has 25 heavy (non-hydrogen) atoms. The predicted molar refractivity (Wildman–Crippen MR) is 98.7 cm³/mol. The van der Waals surface area contributed by atoms with Crippen LogP contribution in [0.5, 0.6) is 0 Å². The summed E-state index contributed by atoms with van der Waals surface area (Å²) in [4.78, 5) is 20.4. The van der Waals surface area contributed by atoms with Gasteiger partial charge in [-0.05, 0) is 18.2 Å². The van der Waals surface area contributed by atoms with Gasteiger partial charge in [0.1, 0.15) is 11.6 Å². The highest BCUT2D eigenvalue weighted by Crippen LogP contribution is 2.20. The van der Waals surface area contributed by atoms with E-state index in [0.29, 0.717) is 5.02 Å². The number of hydrogen-bond acceptors (Lipinski definition) is 7. The second kappa shape index (κ2) is 7.41. The van der Waals surface area contributed by atoms with E-state index in [0.717, 1.165) is 70.1 Å². The van der Waals surface area contributed by atoms with Crippen LogP contribution in [0.1, 0.15) is 0 Å². The number of ether oxygens (including phenoxy) is 1. The molecule has 2 aliphatic heterocycles. The molecule has 2 aromatic rings. The van der Waals surface area contributed by atoms with Crippen molar-refractivity contribution in [2.24, 2.45) is 0 Å². The lowest BCUT2D eigenvalue weighted by molar-refractivity contribution is 0.122. The van der Waals surface area contributed by atoms with E-state index in [1.807, 2.05) is 24.4 Å². The van der Waals surface area contributed by atoms with E-state index in [9.17, 15) is 0 Å². The molecule has 0 N–H and O–H groups in total. The Morgan fingerprint density at radius 1 is 0.800 bits per heavy atom. The molecule has 0 atom stereocenters. The number of anilines is 3. The lowest BCUT2D eigenvalue weighted by atomic mass is 10.3. The third-order valence-electron chi connectivity index (χ3n) is 4.56. The van der Waals surface area contributed by atoms with E-state index in [1.54, 1.807) is 6.20 Å². The molecule has 4 heterocycles. The number of pyridine rings is 1. The summed E-state index contributed by atoms with van der Waals surface area (Å²) in [5, 5.41) is 0.666. The van der Waals surface area contributed by atoms with Crippen LogP contribution in [0.4, 0.5) is 17.6 Å². The highest BCUT2D eigenvalue weighted by atomic mass is 35.5. The summed E-state index contributed by atoms with van der Waals surface area (Å²) in [6.07, 6.45) is 3.54. The average Bonchev–Trinajstić information content (AvgIpc) is 2.70. The molecule has 8 heteroatoms. The minimum absolute atomic E-state index is 0.666. The summed E-state index contributed by atoms with van der Waals surface area (Å²) in [6.45, 7) is 6.80. The van der Waals surface area contributed by atoms with Gasteiger partial charge < -0.3 is 19.4 Å². The maximum atomic E-state index is 5.92. The third-order valence-corrected chi connectivity index (χ3v) is 4.79. The maximum Gasteiger partial charge on any atom is 0.227 e. The predicted octanol–water partition coefficient (Wildman–Crippen LogP) is 1.69. The summed E-state index contributed by atoms with van der Waals surface area (Å²) in [5.41, 5.74) is 0. The quantitative estimate of drug-likeness (QED) is 0.825. The van der Waals surface area contributed by atoms with E-state index in [1.165, 1.54) is 0 Å². The maximum absolute atomic E-state index is 5.92. The van der Waals surface area contributed by atoms with Gasteiger partial charge in [-0.3, -0.25) is 0 Å². The van der Waals surface area contributed by atoms with E-state index in [2.05, 4.69) is 24.7 Å². The van der Waals surface area contributed by atoms with E-state index >= 15 is 0 Å². The van der Waals surface area contributed by atoms with Crippen LogP contribution in [0.25, 0.3) is 0 Å². The largest absolute Gasteiger partial charge is 0.378 e. The molecule has 0 amide bonds. The van der Waals surface area contributed by atoms with E-state index in [-0.39, 0.29) is 0 Å². The smallest absolute Gasteiger partial charge is 0.227 e. The molecule has 0 bridgehead atoms. The second-order valence-corrected chi connectivity index (χ2v) is 6.56. The molecule has 7 nitrogen and oxygen atoms in total. The number of nitrogens with zero attached hydrogens (tertiary/aromatic N) is 6. The van der Waals surface area contributed by atoms with Gasteiger partial charge in [0, 0.05) is 51.7 Å².